The highest BCUT2D eigenvalue weighted by Crippen LogP contribution is 2.19. The van der Waals surface area contributed by atoms with Crippen LogP contribution in [0.15, 0.2) is 36.7 Å². The Balaban J connectivity index is 2.14. The van der Waals surface area contributed by atoms with Crippen molar-refractivity contribution in [1.82, 2.24) is 9.55 Å². The molecule has 0 fully saturated rings. The number of hydrogen-bond donors (Lipinski definition) is 2. The lowest BCUT2D eigenvalue weighted by Crippen LogP contribution is -2.07. The fraction of sp³-hybridized carbons (Fsp3) is 0.250. The van der Waals surface area contributed by atoms with Crippen LogP contribution in [-0.4, -0.2) is 14.7 Å². The lowest BCUT2D eigenvalue weighted by molar-refractivity contribution is 0.175. The summed E-state index contributed by atoms with van der Waals surface area (Å²) in [5.74, 6) is 0.856. The van der Waals surface area contributed by atoms with Crippen molar-refractivity contribution in [3.63, 3.8) is 0 Å². The van der Waals surface area contributed by atoms with Gasteiger partial charge in [0, 0.05) is 31.5 Å². The van der Waals surface area contributed by atoms with Crippen LogP contribution in [0.5, 0.6) is 0 Å². The lowest BCUT2D eigenvalue weighted by atomic mass is 10.1. The van der Waals surface area contributed by atoms with Crippen LogP contribution in [0, 0.1) is 0 Å². The maximum atomic E-state index is 10.0. The van der Waals surface area contributed by atoms with Crippen LogP contribution in [0.3, 0.4) is 0 Å². The van der Waals surface area contributed by atoms with Crippen molar-refractivity contribution in [1.29, 1.82) is 0 Å². The molecular formula is C12H15N3O. The van der Waals surface area contributed by atoms with Gasteiger partial charge in [-0.1, -0.05) is 12.1 Å². The van der Waals surface area contributed by atoms with Gasteiger partial charge < -0.3 is 15.4 Å². The Hall–Kier alpha value is -1.81. The maximum Gasteiger partial charge on any atom is 0.111 e. The Morgan fingerprint density at radius 1 is 1.50 bits per heavy atom. The number of aliphatic hydroxyl groups excluding tert-OH is 1. The zero-order valence-corrected chi connectivity index (χ0v) is 9.17. The number of aliphatic hydroxyl groups is 1. The Morgan fingerprint density at radius 3 is 2.94 bits per heavy atom. The molecule has 0 amide bonds. The van der Waals surface area contributed by atoms with E-state index in [1.165, 1.54) is 0 Å². The van der Waals surface area contributed by atoms with Crippen LogP contribution in [-0.2, 0) is 13.5 Å². The molecule has 1 atom stereocenters. The number of rotatable bonds is 3. The van der Waals surface area contributed by atoms with E-state index in [1.54, 1.807) is 18.3 Å². The second-order valence-electron chi connectivity index (χ2n) is 3.84. The molecule has 0 aliphatic rings. The van der Waals surface area contributed by atoms with Crippen molar-refractivity contribution in [2.75, 3.05) is 5.73 Å². The van der Waals surface area contributed by atoms with Gasteiger partial charge in [0.25, 0.3) is 0 Å². The summed E-state index contributed by atoms with van der Waals surface area (Å²) in [4.78, 5) is 4.18. The van der Waals surface area contributed by atoms with Gasteiger partial charge in [-0.3, -0.25) is 0 Å². The molecule has 0 saturated heterocycles. The highest BCUT2D eigenvalue weighted by molar-refractivity contribution is 5.41. The van der Waals surface area contributed by atoms with Crippen molar-refractivity contribution in [2.45, 2.75) is 12.5 Å². The average Bonchev–Trinajstić information content (AvgIpc) is 2.64. The molecule has 84 valence electrons. The highest BCUT2D eigenvalue weighted by Gasteiger charge is 2.11. The number of nitrogen functional groups attached to an aromatic ring is 1. The molecule has 0 radical (unpaired) electrons. The van der Waals surface area contributed by atoms with Crippen molar-refractivity contribution in [3.8, 4) is 0 Å². The fourth-order valence-corrected chi connectivity index (χ4v) is 1.65. The topological polar surface area (TPSA) is 64.1 Å². The largest absolute Gasteiger partial charge is 0.399 e. The van der Waals surface area contributed by atoms with E-state index in [4.69, 9.17) is 5.73 Å². The third kappa shape index (κ3) is 2.23. The molecule has 0 aliphatic heterocycles. The predicted molar refractivity (Wildman–Crippen MR) is 62.7 cm³/mol. The van der Waals surface area contributed by atoms with E-state index < -0.39 is 6.10 Å². The zero-order chi connectivity index (χ0) is 11.5. The quantitative estimate of drug-likeness (QED) is 0.761. The smallest absolute Gasteiger partial charge is 0.111 e. The number of imidazole rings is 1. The van der Waals surface area contributed by atoms with Crippen molar-refractivity contribution < 1.29 is 5.11 Å². The van der Waals surface area contributed by atoms with Gasteiger partial charge in [-0.25, -0.2) is 4.98 Å². The first kappa shape index (κ1) is 10.7. The number of aromatic nitrogens is 2. The normalized spacial score (nSPS) is 12.6. The first-order valence-corrected chi connectivity index (χ1v) is 5.16. The number of hydrogen-bond acceptors (Lipinski definition) is 3. The van der Waals surface area contributed by atoms with E-state index in [1.807, 2.05) is 29.9 Å². The molecule has 0 bridgehead atoms. The van der Waals surface area contributed by atoms with Crippen LogP contribution < -0.4 is 5.73 Å². The number of anilines is 1. The fourth-order valence-electron chi connectivity index (χ4n) is 1.65. The minimum Gasteiger partial charge on any atom is -0.399 e. The van der Waals surface area contributed by atoms with Crippen LogP contribution in [0.1, 0.15) is 17.5 Å². The summed E-state index contributed by atoms with van der Waals surface area (Å²) in [6.45, 7) is 0. The number of aryl methyl sites for hydroxylation is 1. The van der Waals surface area contributed by atoms with Crippen molar-refractivity contribution >= 4 is 5.69 Å². The molecule has 2 rings (SSSR count). The molecule has 3 N–H and O–H groups in total. The summed E-state index contributed by atoms with van der Waals surface area (Å²) < 4.78 is 1.90. The first-order chi connectivity index (χ1) is 7.66. The second-order valence-corrected chi connectivity index (χ2v) is 3.84. The van der Waals surface area contributed by atoms with Crippen LogP contribution in [0.2, 0.25) is 0 Å². The Morgan fingerprint density at radius 2 is 2.31 bits per heavy atom. The zero-order valence-electron chi connectivity index (χ0n) is 9.17. The number of benzene rings is 1. The average molecular weight is 217 g/mol. The van der Waals surface area contributed by atoms with E-state index >= 15 is 0 Å². The Bertz CT molecular complexity index is 479. The van der Waals surface area contributed by atoms with Gasteiger partial charge in [-0.15, -0.1) is 0 Å². The monoisotopic (exact) mass is 217 g/mol. The summed E-state index contributed by atoms with van der Waals surface area (Å²) in [6.07, 6.45) is 3.51. The summed E-state index contributed by atoms with van der Waals surface area (Å²) in [5.41, 5.74) is 7.15. The second kappa shape index (κ2) is 4.37. The third-order valence-corrected chi connectivity index (χ3v) is 2.59. The molecule has 4 heteroatoms. The molecule has 1 unspecified atom stereocenters. The molecule has 4 nitrogen and oxygen atoms in total. The van der Waals surface area contributed by atoms with Crippen molar-refractivity contribution in [3.05, 3.63) is 48.0 Å². The van der Waals surface area contributed by atoms with E-state index in [-0.39, 0.29) is 0 Å². The molecule has 1 heterocycles. The predicted octanol–water partition coefficient (Wildman–Crippen LogP) is 1.28. The molecule has 1 aromatic heterocycles. The van der Waals surface area contributed by atoms with Gasteiger partial charge in [0.15, 0.2) is 0 Å². The minimum absolute atomic E-state index is 0.493. The first-order valence-electron chi connectivity index (χ1n) is 5.16. The van der Waals surface area contributed by atoms with Gasteiger partial charge in [-0.05, 0) is 17.7 Å². The van der Waals surface area contributed by atoms with Gasteiger partial charge in [0.1, 0.15) is 5.82 Å². The van der Waals surface area contributed by atoms with Crippen LogP contribution in [0.25, 0.3) is 0 Å². The maximum absolute atomic E-state index is 10.0. The minimum atomic E-state index is -0.565. The Kier molecular flexibility index (Phi) is 2.92. The highest BCUT2D eigenvalue weighted by atomic mass is 16.3. The summed E-state index contributed by atoms with van der Waals surface area (Å²) in [7, 11) is 1.91. The molecule has 2 aromatic rings. The number of nitrogens with zero attached hydrogens (tertiary/aromatic N) is 2. The van der Waals surface area contributed by atoms with E-state index in [0.29, 0.717) is 12.1 Å². The lowest BCUT2D eigenvalue weighted by Gasteiger charge is -2.11. The number of nitrogens with two attached hydrogens (primary N) is 1. The molecule has 1 aromatic carbocycles. The van der Waals surface area contributed by atoms with Crippen LogP contribution >= 0.6 is 0 Å². The van der Waals surface area contributed by atoms with Gasteiger partial charge in [0.2, 0.25) is 0 Å². The standard InChI is InChI=1S/C12H15N3O/c1-15-6-5-14-12(15)8-11(16)9-3-2-4-10(13)7-9/h2-7,11,16H,8,13H2,1H3. The Labute approximate surface area is 94.4 Å². The van der Waals surface area contributed by atoms with E-state index in [9.17, 15) is 5.11 Å². The van der Waals surface area contributed by atoms with E-state index in [2.05, 4.69) is 4.98 Å². The van der Waals surface area contributed by atoms with E-state index in [0.717, 1.165) is 11.4 Å². The molecule has 0 aliphatic carbocycles. The van der Waals surface area contributed by atoms with Gasteiger partial charge in [0.05, 0.1) is 6.10 Å². The van der Waals surface area contributed by atoms with Gasteiger partial charge in [-0.2, -0.15) is 0 Å². The van der Waals surface area contributed by atoms with Crippen molar-refractivity contribution in [2.24, 2.45) is 7.05 Å². The van der Waals surface area contributed by atoms with Gasteiger partial charge >= 0.3 is 0 Å². The molecule has 0 spiro atoms. The summed E-state index contributed by atoms with van der Waals surface area (Å²) in [6, 6.07) is 7.29. The molecular weight excluding hydrogens is 202 g/mol. The third-order valence-electron chi connectivity index (χ3n) is 2.59. The molecule has 0 saturated carbocycles. The van der Waals surface area contributed by atoms with Crippen LogP contribution in [0.4, 0.5) is 5.69 Å². The summed E-state index contributed by atoms with van der Waals surface area (Å²) in [5, 5.41) is 10.0. The SMILES string of the molecule is Cn1ccnc1CC(O)c1cccc(N)c1. The molecule has 16 heavy (non-hydrogen) atoms. The summed E-state index contributed by atoms with van der Waals surface area (Å²) >= 11 is 0.